The Bertz CT molecular complexity index is 533. The minimum absolute atomic E-state index is 0.136. The van der Waals surface area contributed by atoms with E-state index in [0.717, 1.165) is 43.4 Å². The van der Waals surface area contributed by atoms with Gasteiger partial charge in [-0.3, -0.25) is 9.59 Å². The summed E-state index contributed by atoms with van der Waals surface area (Å²) in [5.41, 5.74) is 0. The molecule has 0 spiro atoms. The van der Waals surface area contributed by atoms with Crippen LogP contribution in [0.1, 0.15) is 43.4 Å². The molecule has 2 amide bonds. The van der Waals surface area contributed by atoms with Gasteiger partial charge in [0.1, 0.15) is 6.54 Å². The molecule has 0 saturated heterocycles. The highest BCUT2D eigenvalue weighted by molar-refractivity contribution is 7.15. The molecule has 0 aliphatic heterocycles. The lowest BCUT2D eigenvalue weighted by Crippen LogP contribution is -2.42. The van der Waals surface area contributed by atoms with E-state index in [1.54, 1.807) is 11.1 Å². The first-order chi connectivity index (χ1) is 10.1. The van der Waals surface area contributed by atoms with Crippen LogP contribution in [-0.4, -0.2) is 34.3 Å². The van der Waals surface area contributed by atoms with E-state index in [0.29, 0.717) is 5.13 Å². The number of hydrogen-bond donors (Lipinski definition) is 1. The van der Waals surface area contributed by atoms with Crippen molar-refractivity contribution in [3.05, 3.63) is 11.1 Å². The number of amides is 2. The Morgan fingerprint density at radius 1 is 1.33 bits per heavy atom. The first-order valence-electron chi connectivity index (χ1n) is 7.66. The molecule has 0 bridgehead atoms. The van der Waals surface area contributed by atoms with Gasteiger partial charge < -0.3 is 10.2 Å². The van der Waals surface area contributed by atoms with Gasteiger partial charge in [0.15, 0.2) is 5.13 Å². The van der Waals surface area contributed by atoms with Gasteiger partial charge in [0, 0.05) is 23.0 Å². The molecule has 1 heterocycles. The predicted molar refractivity (Wildman–Crippen MR) is 82.2 cm³/mol. The van der Waals surface area contributed by atoms with Gasteiger partial charge in [-0.15, -0.1) is 11.3 Å². The van der Waals surface area contributed by atoms with E-state index < -0.39 is 0 Å². The zero-order chi connectivity index (χ0) is 14.8. The number of aromatic nitrogens is 1. The Labute approximate surface area is 128 Å². The van der Waals surface area contributed by atoms with Crippen molar-refractivity contribution in [3.63, 3.8) is 0 Å². The van der Waals surface area contributed by atoms with Crippen molar-refractivity contribution in [3.8, 4) is 0 Å². The van der Waals surface area contributed by atoms with Crippen LogP contribution in [-0.2, 0) is 9.59 Å². The number of nitrogens with zero attached hydrogens (tertiary/aromatic N) is 2. The summed E-state index contributed by atoms with van der Waals surface area (Å²) >= 11 is 1.45. The normalized spacial score (nSPS) is 18.7. The summed E-state index contributed by atoms with van der Waals surface area (Å²) in [5, 5.41) is 3.41. The molecule has 5 nitrogen and oxygen atoms in total. The van der Waals surface area contributed by atoms with Crippen LogP contribution in [0.2, 0.25) is 0 Å². The van der Waals surface area contributed by atoms with E-state index in [-0.39, 0.29) is 30.3 Å². The van der Waals surface area contributed by atoms with Gasteiger partial charge in [-0.05, 0) is 32.6 Å². The summed E-state index contributed by atoms with van der Waals surface area (Å²) in [6, 6.07) is 0.280. The number of thiazole rings is 1. The maximum atomic E-state index is 12.6. The summed E-state index contributed by atoms with van der Waals surface area (Å²) in [4.78, 5) is 31.7. The van der Waals surface area contributed by atoms with Gasteiger partial charge >= 0.3 is 0 Å². The molecule has 0 radical (unpaired) electrons. The standard InChI is InChI=1S/C15H21N3O2S/c1-10-8-16-15(21-10)17-13(19)9-18(12-6-7-12)14(20)11-4-2-3-5-11/h8,11-12H,2-7,9H2,1H3,(H,16,17,19). The molecule has 1 aromatic rings. The molecule has 2 fully saturated rings. The fraction of sp³-hybridized carbons (Fsp3) is 0.667. The molecule has 21 heavy (non-hydrogen) atoms. The second-order valence-corrected chi connectivity index (χ2v) is 7.24. The minimum Gasteiger partial charge on any atom is -0.330 e. The molecule has 1 aromatic heterocycles. The van der Waals surface area contributed by atoms with Gasteiger partial charge in [-0.1, -0.05) is 12.8 Å². The van der Waals surface area contributed by atoms with Crippen LogP contribution in [0.5, 0.6) is 0 Å². The van der Waals surface area contributed by atoms with Crippen molar-refractivity contribution in [1.29, 1.82) is 0 Å². The molecule has 2 saturated carbocycles. The highest BCUT2D eigenvalue weighted by Crippen LogP contribution is 2.32. The number of anilines is 1. The summed E-state index contributed by atoms with van der Waals surface area (Å²) in [6.45, 7) is 2.12. The van der Waals surface area contributed by atoms with Gasteiger partial charge in [-0.25, -0.2) is 4.98 Å². The number of rotatable bonds is 5. The summed E-state index contributed by atoms with van der Waals surface area (Å²) < 4.78 is 0. The Morgan fingerprint density at radius 3 is 2.62 bits per heavy atom. The van der Waals surface area contributed by atoms with Gasteiger partial charge in [0.2, 0.25) is 11.8 Å². The fourth-order valence-corrected chi connectivity index (χ4v) is 3.59. The van der Waals surface area contributed by atoms with Crippen LogP contribution in [0.3, 0.4) is 0 Å². The second kappa shape index (κ2) is 6.13. The topological polar surface area (TPSA) is 62.3 Å². The van der Waals surface area contributed by atoms with Crippen molar-refractivity contribution in [2.75, 3.05) is 11.9 Å². The lowest BCUT2D eigenvalue weighted by Gasteiger charge is -2.24. The Kier molecular flexibility index (Phi) is 4.24. The fourth-order valence-electron chi connectivity index (χ4n) is 2.91. The molecule has 3 rings (SSSR count). The molecule has 0 unspecified atom stereocenters. The van der Waals surface area contributed by atoms with Crippen LogP contribution in [0.25, 0.3) is 0 Å². The van der Waals surface area contributed by atoms with Crippen molar-refractivity contribution in [2.45, 2.75) is 51.5 Å². The molecule has 0 aromatic carbocycles. The van der Waals surface area contributed by atoms with E-state index >= 15 is 0 Å². The van der Waals surface area contributed by atoms with Crippen molar-refractivity contribution in [2.24, 2.45) is 5.92 Å². The number of hydrogen-bond acceptors (Lipinski definition) is 4. The van der Waals surface area contributed by atoms with Gasteiger partial charge in [0.05, 0.1) is 0 Å². The van der Waals surface area contributed by atoms with Gasteiger partial charge in [-0.2, -0.15) is 0 Å². The zero-order valence-corrected chi connectivity index (χ0v) is 13.1. The third-order valence-electron chi connectivity index (χ3n) is 4.16. The molecule has 0 atom stereocenters. The smallest absolute Gasteiger partial charge is 0.245 e. The lowest BCUT2D eigenvalue weighted by molar-refractivity contribution is -0.138. The Morgan fingerprint density at radius 2 is 2.05 bits per heavy atom. The lowest BCUT2D eigenvalue weighted by atomic mass is 10.1. The SMILES string of the molecule is Cc1cnc(NC(=O)CN(C(=O)C2CCCC2)C2CC2)s1. The minimum atomic E-state index is -0.136. The largest absolute Gasteiger partial charge is 0.330 e. The third-order valence-corrected chi connectivity index (χ3v) is 4.98. The van der Waals surface area contributed by atoms with Crippen LogP contribution >= 0.6 is 11.3 Å². The highest BCUT2D eigenvalue weighted by Gasteiger charge is 2.37. The quantitative estimate of drug-likeness (QED) is 0.909. The van der Waals surface area contributed by atoms with E-state index in [2.05, 4.69) is 10.3 Å². The molecular weight excluding hydrogens is 286 g/mol. The van der Waals surface area contributed by atoms with Crippen LogP contribution in [0.15, 0.2) is 6.20 Å². The second-order valence-electron chi connectivity index (χ2n) is 6.00. The van der Waals surface area contributed by atoms with E-state index in [9.17, 15) is 9.59 Å². The number of nitrogens with one attached hydrogen (secondary N) is 1. The van der Waals surface area contributed by atoms with Gasteiger partial charge in [0.25, 0.3) is 0 Å². The van der Waals surface area contributed by atoms with E-state index in [1.165, 1.54) is 11.3 Å². The van der Waals surface area contributed by atoms with Crippen molar-refractivity contribution < 1.29 is 9.59 Å². The first kappa shape index (κ1) is 14.5. The first-order valence-corrected chi connectivity index (χ1v) is 8.48. The Balaban J connectivity index is 1.59. The predicted octanol–water partition coefficient (Wildman–Crippen LogP) is 2.57. The number of aryl methyl sites for hydroxylation is 1. The zero-order valence-electron chi connectivity index (χ0n) is 12.3. The van der Waals surface area contributed by atoms with Crippen LogP contribution in [0, 0.1) is 12.8 Å². The van der Waals surface area contributed by atoms with Crippen molar-refractivity contribution in [1.82, 2.24) is 9.88 Å². The molecule has 6 heteroatoms. The molecule has 2 aliphatic carbocycles. The summed E-state index contributed by atoms with van der Waals surface area (Å²) in [6.07, 6.45) is 8.04. The van der Waals surface area contributed by atoms with Crippen LogP contribution in [0.4, 0.5) is 5.13 Å². The Hall–Kier alpha value is -1.43. The third kappa shape index (κ3) is 3.61. The van der Waals surface area contributed by atoms with Crippen molar-refractivity contribution >= 4 is 28.3 Å². The average molecular weight is 307 g/mol. The van der Waals surface area contributed by atoms with E-state index in [1.807, 2.05) is 6.92 Å². The molecule has 2 aliphatic rings. The number of carbonyl (C=O) groups is 2. The maximum Gasteiger partial charge on any atom is 0.245 e. The average Bonchev–Trinajstić information content (AvgIpc) is 2.97. The van der Waals surface area contributed by atoms with Crippen LogP contribution < -0.4 is 5.32 Å². The molecule has 1 N–H and O–H groups in total. The number of carbonyl (C=O) groups excluding carboxylic acids is 2. The molecular formula is C15H21N3O2S. The maximum absolute atomic E-state index is 12.6. The summed E-state index contributed by atoms with van der Waals surface area (Å²) in [7, 11) is 0. The monoisotopic (exact) mass is 307 g/mol. The van der Waals surface area contributed by atoms with E-state index in [4.69, 9.17) is 0 Å². The highest BCUT2D eigenvalue weighted by atomic mass is 32.1. The molecule has 114 valence electrons. The summed E-state index contributed by atoms with van der Waals surface area (Å²) in [5.74, 6) is 0.184.